The van der Waals surface area contributed by atoms with Crippen LogP contribution >= 0.6 is 0 Å². The van der Waals surface area contributed by atoms with Gasteiger partial charge in [0.2, 0.25) is 0 Å². The number of hydrogen-bond acceptors (Lipinski definition) is 2. The van der Waals surface area contributed by atoms with Crippen molar-refractivity contribution >= 4 is 6.21 Å². The van der Waals surface area contributed by atoms with Crippen LogP contribution in [0.15, 0.2) is 17.3 Å². The van der Waals surface area contributed by atoms with E-state index in [0.717, 1.165) is 19.3 Å². The fourth-order valence-corrected chi connectivity index (χ4v) is 0.510. The molecule has 2 nitrogen and oxygen atoms in total. The molecule has 0 bridgehead atoms. The lowest BCUT2D eigenvalue weighted by Crippen LogP contribution is -1.72. The molecule has 0 rings (SSSR count). The first kappa shape index (κ1) is 9.21. The Kier molecular flexibility index (Phi) is 7.56. The van der Waals surface area contributed by atoms with E-state index in [9.17, 15) is 0 Å². The van der Waals surface area contributed by atoms with Crippen LogP contribution in [0.2, 0.25) is 0 Å². The van der Waals surface area contributed by atoms with Gasteiger partial charge < -0.3 is 4.84 Å². The quantitative estimate of drug-likeness (QED) is 0.326. The maximum atomic E-state index is 4.47. The van der Waals surface area contributed by atoms with E-state index in [2.05, 4.69) is 23.0 Å². The minimum absolute atomic E-state index is 0.841. The normalized spacial score (nSPS) is 11.4. The molecule has 0 amide bonds. The summed E-state index contributed by atoms with van der Waals surface area (Å²) in [6.07, 6.45) is 8.70. The summed E-state index contributed by atoms with van der Waals surface area (Å²) in [6, 6.07) is 0. The lowest BCUT2D eigenvalue weighted by atomic mass is 10.3. The summed E-state index contributed by atoms with van der Waals surface area (Å²) in [4.78, 5) is 4.47. The molecule has 2 heteroatoms. The van der Waals surface area contributed by atoms with Gasteiger partial charge in [0.05, 0.1) is 0 Å². The van der Waals surface area contributed by atoms with E-state index < -0.39 is 0 Å². The van der Waals surface area contributed by atoms with Crippen LogP contribution in [0, 0.1) is 6.92 Å². The molecule has 0 aromatic heterocycles. The van der Waals surface area contributed by atoms with Gasteiger partial charge in [-0.15, -0.1) is 0 Å². The van der Waals surface area contributed by atoms with Gasteiger partial charge in [0, 0.05) is 12.6 Å². The van der Waals surface area contributed by atoms with E-state index in [1.54, 1.807) is 6.21 Å². The summed E-state index contributed by atoms with van der Waals surface area (Å²) >= 11 is 0. The van der Waals surface area contributed by atoms with Gasteiger partial charge in [-0.1, -0.05) is 24.2 Å². The largest absolute Gasteiger partial charge is 0.399 e. The number of rotatable bonds is 5. The fourth-order valence-electron chi connectivity index (χ4n) is 0.510. The minimum atomic E-state index is 0.841. The molecular weight excluding hydrogens is 126 g/mol. The molecule has 0 aliphatic carbocycles. The Morgan fingerprint density at radius 2 is 2.30 bits per heavy atom. The van der Waals surface area contributed by atoms with Crippen molar-refractivity contribution < 1.29 is 4.84 Å². The zero-order chi connectivity index (χ0) is 7.66. The summed E-state index contributed by atoms with van der Waals surface area (Å²) < 4.78 is 0. The van der Waals surface area contributed by atoms with Crippen molar-refractivity contribution in [1.29, 1.82) is 0 Å². The van der Waals surface area contributed by atoms with Crippen LogP contribution in [0.5, 0.6) is 0 Å². The fraction of sp³-hybridized carbons (Fsp3) is 0.500. The van der Waals surface area contributed by atoms with E-state index in [1.807, 2.05) is 6.08 Å². The molecule has 0 aromatic rings. The first-order chi connectivity index (χ1) is 4.91. The number of nitrogens with zero attached hydrogens (tertiary/aromatic N) is 1. The summed E-state index contributed by atoms with van der Waals surface area (Å²) in [5, 5.41) is 3.58. The van der Waals surface area contributed by atoms with Gasteiger partial charge >= 0.3 is 0 Å². The first-order valence-corrected chi connectivity index (χ1v) is 3.41. The second kappa shape index (κ2) is 8.21. The molecule has 0 heterocycles. The number of allylic oxidation sites excluding steroid dienone is 2. The molecule has 0 aliphatic heterocycles. The van der Waals surface area contributed by atoms with Crippen LogP contribution in [0.4, 0.5) is 0 Å². The topological polar surface area (TPSA) is 21.6 Å². The molecule has 0 saturated carbocycles. The van der Waals surface area contributed by atoms with Gasteiger partial charge in [-0.2, -0.15) is 0 Å². The maximum absolute atomic E-state index is 4.47. The van der Waals surface area contributed by atoms with Gasteiger partial charge in [0.15, 0.2) is 0 Å². The van der Waals surface area contributed by atoms with E-state index in [4.69, 9.17) is 0 Å². The van der Waals surface area contributed by atoms with Gasteiger partial charge in [-0.25, -0.2) is 0 Å². The number of oxime groups is 1. The van der Waals surface area contributed by atoms with Gasteiger partial charge in [-0.3, -0.25) is 0 Å². The molecule has 0 aromatic carbocycles. The first-order valence-electron chi connectivity index (χ1n) is 3.41. The number of hydrogen-bond donors (Lipinski definition) is 0. The molecule has 0 atom stereocenters. The van der Waals surface area contributed by atoms with Gasteiger partial charge in [0.1, 0.15) is 7.11 Å². The SMILES string of the molecule is [CH2]CC/C=C/C/C=N/OC. The van der Waals surface area contributed by atoms with Crippen LogP contribution in [0.25, 0.3) is 0 Å². The highest BCUT2D eigenvalue weighted by Crippen LogP contribution is 1.88. The van der Waals surface area contributed by atoms with Crippen LogP contribution in [0.1, 0.15) is 19.3 Å². The molecule has 0 N–H and O–H groups in total. The molecule has 0 aliphatic rings. The van der Waals surface area contributed by atoms with E-state index in [0.29, 0.717) is 0 Å². The predicted molar refractivity (Wildman–Crippen MR) is 43.8 cm³/mol. The third kappa shape index (κ3) is 7.21. The second-order valence-electron chi connectivity index (χ2n) is 1.82. The zero-order valence-electron chi connectivity index (χ0n) is 6.42. The smallest absolute Gasteiger partial charge is 0.106 e. The molecule has 0 fully saturated rings. The molecule has 1 radical (unpaired) electrons. The van der Waals surface area contributed by atoms with E-state index >= 15 is 0 Å². The summed E-state index contributed by atoms with van der Waals surface area (Å²) in [5.74, 6) is 0. The molecule has 0 spiro atoms. The van der Waals surface area contributed by atoms with Crippen molar-refractivity contribution in [3.63, 3.8) is 0 Å². The Morgan fingerprint density at radius 1 is 1.50 bits per heavy atom. The highest BCUT2D eigenvalue weighted by Gasteiger charge is 1.72. The summed E-state index contributed by atoms with van der Waals surface area (Å²) in [7, 11) is 1.54. The molecule has 10 heavy (non-hydrogen) atoms. The van der Waals surface area contributed by atoms with E-state index in [1.165, 1.54) is 7.11 Å². The van der Waals surface area contributed by atoms with Crippen LogP contribution in [-0.4, -0.2) is 13.3 Å². The molecule has 0 saturated heterocycles. The summed E-state index contributed by atoms with van der Waals surface area (Å²) in [6.45, 7) is 3.71. The third-order valence-electron chi connectivity index (χ3n) is 0.959. The van der Waals surface area contributed by atoms with Crippen LogP contribution in [-0.2, 0) is 4.84 Å². The van der Waals surface area contributed by atoms with Gasteiger partial charge in [-0.05, 0) is 12.8 Å². The van der Waals surface area contributed by atoms with Crippen molar-refractivity contribution in [2.45, 2.75) is 19.3 Å². The Bertz CT molecular complexity index is 108. The Morgan fingerprint density at radius 3 is 2.90 bits per heavy atom. The lowest BCUT2D eigenvalue weighted by molar-refractivity contribution is 0.215. The predicted octanol–water partition coefficient (Wildman–Crippen LogP) is 2.18. The Balaban J connectivity index is 3.09. The number of unbranched alkanes of at least 4 members (excludes halogenated alkanes) is 1. The molecular formula is C8H14NO. The van der Waals surface area contributed by atoms with Gasteiger partial charge in [0.25, 0.3) is 0 Å². The second-order valence-corrected chi connectivity index (χ2v) is 1.82. The third-order valence-corrected chi connectivity index (χ3v) is 0.959. The van der Waals surface area contributed by atoms with Crippen LogP contribution < -0.4 is 0 Å². The highest BCUT2D eigenvalue weighted by atomic mass is 16.6. The van der Waals surface area contributed by atoms with Crippen molar-refractivity contribution in [2.24, 2.45) is 5.16 Å². The van der Waals surface area contributed by atoms with Crippen molar-refractivity contribution in [1.82, 2.24) is 0 Å². The Labute approximate surface area is 62.6 Å². The van der Waals surface area contributed by atoms with Crippen molar-refractivity contribution in [3.8, 4) is 0 Å². The average molecular weight is 140 g/mol. The van der Waals surface area contributed by atoms with E-state index in [-0.39, 0.29) is 0 Å². The molecule has 0 unspecified atom stereocenters. The monoisotopic (exact) mass is 140 g/mol. The van der Waals surface area contributed by atoms with Crippen molar-refractivity contribution in [2.75, 3.05) is 7.11 Å². The summed E-state index contributed by atoms with van der Waals surface area (Å²) in [5.41, 5.74) is 0. The molecule has 57 valence electrons. The Hall–Kier alpha value is -0.790. The lowest BCUT2D eigenvalue weighted by Gasteiger charge is -1.83. The van der Waals surface area contributed by atoms with Crippen molar-refractivity contribution in [3.05, 3.63) is 19.1 Å². The standard InChI is InChI=1S/C8H14NO/c1-3-4-5-6-7-8-9-10-2/h5-6,8H,1,3-4,7H2,2H3/b6-5+,9-8+. The maximum Gasteiger partial charge on any atom is 0.106 e. The minimum Gasteiger partial charge on any atom is -0.399 e. The average Bonchev–Trinajstić information content (AvgIpc) is 1.97. The highest BCUT2D eigenvalue weighted by molar-refractivity contribution is 5.58. The van der Waals surface area contributed by atoms with Crippen LogP contribution in [0.3, 0.4) is 0 Å². The zero-order valence-corrected chi connectivity index (χ0v) is 6.42.